The molecule has 1 aliphatic heterocycles. The van der Waals surface area contributed by atoms with Crippen LogP contribution >= 0.6 is 0 Å². The van der Waals surface area contributed by atoms with Gasteiger partial charge in [-0.25, -0.2) is 0 Å². The van der Waals surface area contributed by atoms with Gasteiger partial charge in [-0.05, 0) is 62.2 Å². The van der Waals surface area contributed by atoms with E-state index in [1.54, 1.807) is 32.1 Å². The lowest BCUT2D eigenvalue weighted by molar-refractivity contribution is -0.109. The number of rotatable bonds is 0. The highest BCUT2D eigenvalue weighted by atomic mass is 16.5. The van der Waals surface area contributed by atoms with E-state index >= 15 is 0 Å². The Morgan fingerprint density at radius 2 is 1.50 bits per heavy atom. The van der Waals surface area contributed by atoms with Gasteiger partial charge in [0.15, 0.2) is 0 Å². The minimum atomic E-state index is 0.674. The molecule has 4 saturated carbocycles. The maximum atomic E-state index is 5.72. The molecule has 0 radical (unpaired) electrons. The summed E-state index contributed by atoms with van der Waals surface area (Å²) in [4.78, 5) is 0. The summed E-state index contributed by atoms with van der Waals surface area (Å²) >= 11 is 0. The molecule has 5 aliphatic rings. The Morgan fingerprint density at radius 1 is 0.857 bits per heavy atom. The minimum Gasteiger partial charge on any atom is -0.381 e. The van der Waals surface area contributed by atoms with Crippen molar-refractivity contribution in [1.82, 2.24) is 0 Å². The summed E-state index contributed by atoms with van der Waals surface area (Å²) < 4.78 is 5.72. The average Bonchev–Trinajstić information content (AvgIpc) is 2.63. The molecule has 0 unspecified atom stereocenters. The van der Waals surface area contributed by atoms with Crippen molar-refractivity contribution in [1.29, 1.82) is 0 Å². The number of hydrogen-bond donors (Lipinski definition) is 0. The Hall–Kier alpha value is -0.0400. The summed E-state index contributed by atoms with van der Waals surface area (Å²) in [6.07, 6.45) is 9.17. The Morgan fingerprint density at radius 3 is 2.00 bits per heavy atom. The Labute approximate surface area is 86.2 Å². The lowest BCUT2D eigenvalue weighted by atomic mass is 9.45. The third-order valence-electron chi connectivity index (χ3n) is 5.85. The van der Waals surface area contributed by atoms with E-state index in [0.717, 1.165) is 36.9 Å². The molecule has 78 valence electrons. The van der Waals surface area contributed by atoms with E-state index in [9.17, 15) is 0 Å². The van der Waals surface area contributed by atoms with Gasteiger partial charge in [-0.15, -0.1) is 0 Å². The highest BCUT2D eigenvalue weighted by molar-refractivity contribution is 5.07. The summed E-state index contributed by atoms with van der Waals surface area (Å²) in [6.45, 7) is 2.17. The topological polar surface area (TPSA) is 9.23 Å². The van der Waals surface area contributed by atoms with Gasteiger partial charge in [-0.3, -0.25) is 0 Å². The quantitative estimate of drug-likeness (QED) is 0.573. The van der Waals surface area contributed by atoms with Crippen molar-refractivity contribution in [3.8, 4) is 0 Å². The monoisotopic (exact) mass is 192 g/mol. The van der Waals surface area contributed by atoms with Crippen LogP contribution in [0.2, 0.25) is 0 Å². The summed E-state index contributed by atoms with van der Waals surface area (Å²) in [5.41, 5.74) is 0.674. The molecule has 1 saturated heterocycles. The van der Waals surface area contributed by atoms with E-state index < -0.39 is 0 Å². The molecule has 5 fully saturated rings. The van der Waals surface area contributed by atoms with Crippen LogP contribution in [-0.4, -0.2) is 13.2 Å². The standard InChI is InChI=1S/C13H20O/c1-2-14-8-13(1)11-4-9-3-10(6-11)7-12(13)5-9/h9-12H,1-8H2. The lowest BCUT2D eigenvalue weighted by Gasteiger charge is -2.59. The fourth-order valence-corrected chi connectivity index (χ4v) is 5.36. The lowest BCUT2D eigenvalue weighted by Crippen LogP contribution is -2.53. The zero-order chi connectivity index (χ0) is 9.17. The molecule has 0 aromatic rings. The third kappa shape index (κ3) is 0.856. The second-order valence-corrected chi connectivity index (χ2v) is 6.34. The molecule has 0 atom stereocenters. The molecular weight excluding hydrogens is 172 g/mol. The predicted octanol–water partition coefficient (Wildman–Crippen LogP) is 2.85. The SMILES string of the molecule is C1CC2(CO1)C1CC3CC(C1)CC2C3. The first kappa shape index (κ1) is 8.15. The molecule has 5 rings (SSSR count). The molecule has 0 N–H and O–H groups in total. The van der Waals surface area contributed by atoms with Crippen molar-refractivity contribution >= 4 is 0 Å². The van der Waals surface area contributed by atoms with Gasteiger partial charge in [0, 0.05) is 12.0 Å². The van der Waals surface area contributed by atoms with Crippen molar-refractivity contribution < 1.29 is 4.74 Å². The van der Waals surface area contributed by atoms with Crippen molar-refractivity contribution in [3.63, 3.8) is 0 Å². The molecule has 1 nitrogen and oxygen atoms in total. The highest BCUT2D eigenvalue weighted by Gasteiger charge is 2.58. The summed E-state index contributed by atoms with van der Waals surface area (Å²) in [7, 11) is 0. The van der Waals surface area contributed by atoms with Gasteiger partial charge in [-0.1, -0.05) is 0 Å². The number of hydrogen-bond acceptors (Lipinski definition) is 1. The van der Waals surface area contributed by atoms with Crippen molar-refractivity contribution in [2.45, 2.75) is 38.5 Å². The van der Waals surface area contributed by atoms with Crippen LogP contribution < -0.4 is 0 Å². The molecule has 4 bridgehead atoms. The maximum Gasteiger partial charge on any atom is 0.0528 e. The number of ether oxygens (including phenoxy) is 1. The van der Waals surface area contributed by atoms with Crippen molar-refractivity contribution in [3.05, 3.63) is 0 Å². The fourth-order valence-electron chi connectivity index (χ4n) is 5.36. The van der Waals surface area contributed by atoms with E-state index in [1.165, 1.54) is 6.42 Å². The van der Waals surface area contributed by atoms with Crippen LogP contribution in [0.1, 0.15) is 38.5 Å². The second kappa shape index (κ2) is 2.55. The molecule has 14 heavy (non-hydrogen) atoms. The summed E-state index contributed by atoms with van der Waals surface area (Å²) in [5, 5.41) is 0. The van der Waals surface area contributed by atoms with E-state index in [1.807, 2.05) is 0 Å². The van der Waals surface area contributed by atoms with Gasteiger partial charge in [0.1, 0.15) is 0 Å². The van der Waals surface area contributed by atoms with Crippen LogP contribution in [0.25, 0.3) is 0 Å². The first-order valence-electron chi connectivity index (χ1n) is 6.44. The largest absolute Gasteiger partial charge is 0.381 e. The van der Waals surface area contributed by atoms with Crippen LogP contribution in [0.3, 0.4) is 0 Å². The van der Waals surface area contributed by atoms with Gasteiger partial charge in [0.2, 0.25) is 0 Å². The molecule has 1 spiro atoms. The fraction of sp³-hybridized carbons (Fsp3) is 1.00. The molecule has 1 heteroatoms. The maximum absolute atomic E-state index is 5.72. The van der Waals surface area contributed by atoms with E-state index in [2.05, 4.69) is 0 Å². The highest BCUT2D eigenvalue weighted by Crippen LogP contribution is 2.64. The molecule has 4 aliphatic carbocycles. The molecule has 0 aromatic carbocycles. The van der Waals surface area contributed by atoms with Gasteiger partial charge >= 0.3 is 0 Å². The van der Waals surface area contributed by atoms with Crippen LogP contribution in [-0.2, 0) is 4.74 Å². The van der Waals surface area contributed by atoms with Crippen molar-refractivity contribution in [2.24, 2.45) is 29.1 Å². The molecule has 0 aromatic heterocycles. The second-order valence-electron chi connectivity index (χ2n) is 6.34. The van der Waals surface area contributed by atoms with Crippen LogP contribution in [0.4, 0.5) is 0 Å². The Kier molecular flexibility index (Phi) is 1.49. The van der Waals surface area contributed by atoms with Gasteiger partial charge < -0.3 is 4.74 Å². The Balaban J connectivity index is 1.73. The summed E-state index contributed by atoms with van der Waals surface area (Å²) in [5.74, 6) is 4.34. The van der Waals surface area contributed by atoms with E-state index in [-0.39, 0.29) is 0 Å². The van der Waals surface area contributed by atoms with Gasteiger partial charge in [0.25, 0.3) is 0 Å². The van der Waals surface area contributed by atoms with Crippen LogP contribution in [0.15, 0.2) is 0 Å². The zero-order valence-corrected chi connectivity index (χ0v) is 8.87. The Bertz CT molecular complexity index is 222. The molecular formula is C13H20O. The zero-order valence-electron chi connectivity index (χ0n) is 8.87. The predicted molar refractivity (Wildman–Crippen MR) is 54.9 cm³/mol. The van der Waals surface area contributed by atoms with Crippen LogP contribution in [0.5, 0.6) is 0 Å². The van der Waals surface area contributed by atoms with Crippen LogP contribution in [0, 0.1) is 29.1 Å². The van der Waals surface area contributed by atoms with E-state index in [0.29, 0.717) is 5.41 Å². The average molecular weight is 192 g/mol. The normalized spacial score (nSPS) is 60.0. The van der Waals surface area contributed by atoms with Gasteiger partial charge in [-0.2, -0.15) is 0 Å². The third-order valence-corrected chi connectivity index (χ3v) is 5.85. The summed E-state index contributed by atoms with van der Waals surface area (Å²) in [6, 6.07) is 0. The van der Waals surface area contributed by atoms with E-state index in [4.69, 9.17) is 4.74 Å². The first-order valence-corrected chi connectivity index (χ1v) is 6.44. The molecule has 1 heterocycles. The minimum absolute atomic E-state index is 0.674. The smallest absolute Gasteiger partial charge is 0.0528 e. The van der Waals surface area contributed by atoms with Gasteiger partial charge in [0.05, 0.1) is 6.61 Å². The van der Waals surface area contributed by atoms with Crippen molar-refractivity contribution in [2.75, 3.05) is 13.2 Å². The first-order chi connectivity index (χ1) is 6.87. The molecule has 0 amide bonds.